The minimum Gasteiger partial charge on any atom is -0.308 e. The highest BCUT2D eigenvalue weighted by atomic mass is 15.0. The van der Waals surface area contributed by atoms with Gasteiger partial charge in [-0.05, 0) is 86.8 Å². The molecular formula is C47H30N4. The van der Waals surface area contributed by atoms with Crippen molar-refractivity contribution in [3.63, 3.8) is 0 Å². The molecule has 10 aromatic rings. The molecule has 0 saturated heterocycles. The van der Waals surface area contributed by atoms with E-state index in [1.807, 2.05) is 79.0 Å². The van der Waals surface area contributed by atoms with Gasteiger partial charge in [-0.3, -0.25) is 9.97 Å². The van der Waals surface area contributed by atoms with Crippen molar-refractivity contribution in [2.24, 2.45) is 0 Å². The van der Waals surface area contributed by atoms with Crippen molar-refractivity contribution >= 4 is 43.5 Å². The SMILES string of the molecule is [2H]c1c([2H])c([2H])c(-c2c3ccccc3c(-c3ccc(-c4ccc(-n5c6ccccc6c6nc(-c7ccncc7)ccc65)cc4)nc3)c3ccccc23)c([2H])c1[2H]. The van der Waals surface area contributed by atoms with E-state index in [2.05, 4.69) is 70.2 Å². The molecule has 0 atom stereocenters. The third kappa shape index (κ3) is 4.80. The molecule has 0 bridgehead atoms. The fraction of sp³-hybridized carbons (Fsp3) is 0. The summed E-state index contributed by atoms with van der Waals surface area (Å²) < 4.78 is 44.9. The van der Waals surface area contributed by atoms with Crippen LogP contribution in [0.1, 0.15) is 6.85 Å². The predicted molar refractivity (Wildman–Crippen MR) is 211 cm³/mol. The lowest BCUT2D eigenvalue weighted by atomic mass is 9.86. The highest BCUT2D eigenvalue weighted by molar-refractivity contribution is 6.21. The summed E-state index contributed by atoms with van der Waals surface area (Å²) in [5, 5.41) is 4.49. The molecule has 4 heteroatoms. The van der Waals surface area contributed by atoms with Crippen LogP contribution >= 0.6 is 0 Å². The van der Waals surface area contributed by atoms with Crippen LogP contribution in [0.25, 0.3) is 93.9 Å². The van der Waals surface area contributed by atoms with Crippen molar-refractivity contribution in [1.29, 1.82) is 0 Å². The molecule has 238 valence electrons. The Kier molecular flexibility index (Phi) is 5.66. The van der Waals surface area contributed by atoms with Crippen LogP contribution in [0.2, 0.25) is 0 Å². The summed E-state index contributed by atoms with van der Waals surface area (Å²) in [7, 11) is 0. The van der Waals surface area contributed by atoms with Crippen molar-refractivity contribution in [3.8, 4) is 50.5 Å². The largest absolute Gasteiger partial charge is 0.308 e. The van der Waals surface area contributed by atoms with E-state index >= 15 is 0 Å². The summed E-state index contributed by atoms with van der Waals surface area (Å²) in [5.74, 6) is 0. The Morgan fingerprint density at radius 3 is 1.67 bits per heavy atom. The zero-order chi connectivity index (χ0) is 38.1. The standard InChI is InChI=1S/C47H30N4/c1-2-10-33(11-3-1)45-36-12-4-6-14-38(36)46(39-15-7-5-13-37(39)45)34-20-23-41(49-30-34)31-18-21-35(22-19-31)51-43-17-9-8-16-40(43)47-44(51)25-24-42(50-47)32-26-28-48-29-27-32/h1-30H/i1D,2D,3D,10D,11D. The van der Waals surface area contributed by atoms with Crippen LogP contribution in [0.15, 0.2) is 182 Å². The summed E-state index contributed by atoms with van der Waals surface area (Å²) in [4.78, 5) is 14.2. The Labute approximate surface area is 302 Å². The Balaban J connectivity index is 1.06. The van der Waals surface area contributed by atoms with Crippen LogP contribution < -0.4 is 0 Å². The minimum absolute atomic E-state index is 0.193. The molecule has 0 aliphatic rings. The fourth-order valence-corrected chi connectivity index (χ4v) is 7.37. The van der Waals surface area contributed by atoms with Crippen LogP contribution in [0.3, 0.4) is 0 Å². The van der Waals surface area contributed by atoms with Gasteiger partial charge in [-0.2, -0.15) is 0 Å². The van der Waals surface area contributed by atoms with E-state index < -0.39 is 6.04 Å². The van der Waals surface area contributed by atoms with Crippen molar-refractivity contribution < 1.29 is 6.85 Å². The molecular weight excluding hydrogens is 621 g/mol. The molecule has 0 fully saturated rings. The molecule has 6 aromatic carbocycles. The summed E-state index contributed by atoms with van der Waals surface area (Å²) in [6.07, 6.45) is 5.46. The first-order valence-electron chi connectivity index (χ1n) is 19.3. The van der Waals surface area contributed by atoms with Crippen molar-refractivity contribution in [1.82, 2.24) is 19.5 Å². The second kappa shape index (κ2) is 11.9. The number of rotatable bonds is 5. The van der Waals surface area contributed by atoms with Gasteiger partial charge < -0.3 is 4.57 Å². The zero-order valence-corrected chi connectivity index (χ0v) is 27.2. The molecule has 0 unspecified atom stereocenters. The van der Waals surface area contributed by atoms with Crippen LogP contribution in [0.4, 0.5) is 0 Å². The molecule has 10 rings (SSSR count). The molecule has 0 aliphatic heterocycles. The maximum absolute atomic E-state index is 8.82. The van der Waals surface area contributed by atoms with E-state index in [9.17, 15) is 0 Å². The van der Waals surface area contributed by atoms with Crippen molar-refractivity contribution in [3.05, 3.63) is 182 Å². The normalized spacial score (nSPS) is 12.9. The molecule has 51 heavy (non-hydrogen) atoms. The highest BCUT2D eigenvalue weighted by Gasteiger charge is 2.18. The highest BCUT2D eigenvalue weighted by Crippen LogP contribution is 2.43. The van der Waals surface area contributed by atoms with Crippen molar-refractivity contribution in [2.45, 2.75) is 0 Å². The molecule has 0 radical (unpaired) electrons. The smallest absolute Gasteiger partial charge is 0.0970 e. The van der Waals surface area contributed by atoms with Gasteiger partial charge in [-0.25, -0.2) is 4.98 Å². The maximum atomic E-state index is 8.82. The zero-order valence-electron chi connectivity index (χ0n) is 32.2. The fourth-order valence-electron chi connectivity index (χ4n) is 7.37. The Morgan fingerprint density at radius 1 is 0.451 bits per heavy atom. The average molecular weight is 656 g/mol. The topological polar surface area (TPSA) is 43.6 Å². The van der Waals surface area contributed by atoms with Crippen LogP contribution in [0.5, 0.6) is 0 Å². The van der Waals surface area contributed by atoms with Crippen LogP contribution in [0, 0.1) is 0 Å². The van der Waals surface area contributed by atoms with Gasteiger partial charge in [0, 0.05) is 46.4 Å². The lowest BCUT2D eigenvalue weighted by Crippen LogP contribution is -1.95. The number of fused-ring (bicyclic) bond motifs is 5. The molecule has 0 N–H and O–H groups in total. The molecule has 0 saturated carbocycles. The molecule has 4 nitrogen and oxygen atoms in total. The monoisotopic (exact) mass is 655 g/mol. The average Bonchev–Trinajstić information content (AvgIpc) is 3.59. The third-order valence-electron chi connectivity index (χ3n) is 9.65. The van der Waals surface area contributed by atoms with E-state index in [0.717, 1.165) is 82.8 Å². The van der Waals surface area contributed by atoms with Gasteiger partial charge in [0.05, 0.1) is 34.8 Å². The number of pyridine rings is 3. The lowest BCUT2D eigenvalue weighted by Gasteiger charge is -2.17. The Hall–Kier alpha value is -6.91. The third-order valence-corrected chi connectivity index (χ3v) is 9.65. The molecule has 0 amide bonds. The van der Waals surface area contributed by atoms with Gasteiger partial charge >= 0.3 is 0 Å². The first-order chi connectivity index (χ1) is 27.4. The van der Waals surface area contributed by atoms with Gasteiger partial charge in [-0.15, -0.1) is 0 Å². The predicted octanol–water partition coefficient (Wildman–Crippen LogP) is 11.9. The second-order valence-corrected chi connectivity index (χ2v) is 12.5. The van der Waals surface area contributed by atoms with E-state index in [4.69, 9.17) is 16.8 Å². The van der Waals surface area contributed by atoms with E-state index in [1.54, 1.807) is 12.4 Å². The molecule has 4 heterocycles. The molecule has 0 spiro atoms. The lowest BCUT2D eigenvalue weighted by molar-refractivity contribution is 1.17. The van der Waals surface area contributed by atoms with Crippen LogP contribution in [-0.4, -0.2) is 19.5 Å². The van der Waals surface area contributed by atoms with Gasteiger partial charge in [-0.1, -0.05) is 115 Å². The summed E-state index contributed by atoms with van der Waals surface area (Å²) in [6, 6.07) is 43.2. The quantitative estimate of drug-likeness (QED) is 0.173. The number of hydrogen-bond acceptors (Lipinski definition) is 3. The molecule has 4 aromatic heterocycles. The van der Waals surface area contributed by atoms with E-state index in [0.29, 0.717) is 5.56 Å². The second-order valence-electron chi connectivity index (χ2n) is 12.5. The molecule has 0 aliphatic carbocycles. The maximum Gasteiger partial charge on any atom is 0.0970 e. The first kappa shape index (κ1) is 24.3. The first-order valence-corrected chi connectivity index (χ1v) is 16.8. The van der Waals surface area contributed by atoms with Gasteiger partial charge in [0.2, 0.25) is 0 Å². The number of aromatic nitrogens is 4. The summed E-state index contributed by atoms with van der Waals surface area (Å²) >= 11 is 0. The Bertz CT molecular complexity index is 3090. The van der Waals surface area contributed by atoms with Gasteiger partial charge in [0.25, 0.3) is 0 Å². The Morgan fingerprint density at radius 2 is 1.02 bits per heavy atom. The number of benzene rings is 6. The number of hydrogen-bond donors (Lipinski definition) is 0. The summed E-state index contributed by atoms with van der Waals surface area (Å²) in [6.45, 7) is 0. The van der Waals surface area contributed by atoms with Crippen molar-refractivity contribution in [2.75, 3.05) is 0 Å². The number of nitrogens with zero attached hydrogens (tertiary/aromatic N) is 4. The summed E-state index contributed by atoms with van der Waals surface area (Å²) in [5.41, 5.74) is 10.5. The van der Waals surface area contributed by atoms with Gasteiger partial charge in [0.15, 0.2) is 0 Å². The van der Waals surface area contributed by atoms with E-state index in [-0.39, 0.29) is 29.7 Å². The minimum atomic E-state index is -0.408. The number of para-hydroxylation sites is 1. The van der Waals surface area contributed by atoms with Crippen LogP contribution in [-0.2, 0) is 0 Å². The van der Waals surface area contributed by atoms with E-state index in [1.165, 1.54) is 0 Å². The van der Waals surface area contributed by atoms with Gasteiger partial charge in [0.1, 0.15) is 0 Å².